The Bertz CT molecular complexity index is 998. The molecule has 31 heavy (non-hydrogen) atoms. The molecule has 3 aromatic rings. The molecule has 0 aliphatic rings. The van der Waals surface area contributed by atoms with Gasteiger partial charge in [0.05, 0.1) is 13.2 Å². The van der Waals surface area contributed by atoms with Crippen molar-refractivity contribution in [1.29, 1.82) is 0 Å². The lowest BCUT2D eigenvalue weighted by molar-refractivity contribution is 0.414. The molecule has 164 valence electrons. The molecule has 1 heterocycles. The van der Waals surface area contributed by atoms with E-state index in [1.54, 1.807) is 7.11 Å². The molecule has 0 spiro atoms. The van der Waals surface area contributed by atoms with Gasteiger partial charge in [-0.3, -0.25) is 0 Å². The molecule has 1 atom stereocenters. The number of guanidine groups is 1. The second-order valence-electron chi connectivity index (χ2n) is 7.33. The zero-order valence-electron chi connectivity index (χ0n) is 18.4. The van der Waals surface area contributed by atoms with Crippen LogP contribution in [0.3, 0.4) is 0 Å². The van der Waals surface area contributed by atoms with Crippen LogP contribution in [0.5, 0.6) is 5.75 Å². The van der Waals surface area contributed by atoms with Crippen molar-refractivity contribution in [2.45, 2.75) is 32.9 Å². The Morgan fingerprint density at radius 3 is 2.45 bits per heavy atom. The molecule has 0 aliphatic carbocycles. The first-order valence-corrected chi connectivity index (χ1v) is 10.6. The minimum Gasteiger partial charge on any atom is -0.497 e. The number of hydrogen-bond donors (Lipinski definition) is 2. The zero-order chi connectivity index (χ0) is 22.2. The molecule has 2 N–H and O–H groups in total. The summed E-state index contributed by atoms with van der Waals surface area (Å²) in [5.41, 5.74) is 2.35. The van der Waals surface area contributed by atoms with E-state index in [1.807, 2.05) is 54.9 Å². The number of benzene rings is 2. The van der Waals surface area contributed by atoms with Crippen LogP contribution in [0.4, 0.5) is 0 Å². The lowest BCUT2D eigenvalue weighted by Gasteiger charge is -2.19. The third-order valence-corrected chi connectivity index (χ3v) is 5.40. The van der Waals surface area contributed by atoms with Gasteiger partial charge in [-0.2, -0.15) is 0 Å². The SMILES string of the molecule is COc1ccc(CCNC(=NCc2nnc(C)n2C)NC(C)c2ccc(Cl)cc2)cc1. The van der Waals surface area contributed by atoms with E-state index in [9.17, 15) is 0 Å². The maximum absolute atomic E-state index is 6.02. The largest absolute Gasteiger partial charge is 0.497 e. The van der Waals surface area contributed by atoms with Crippen molar-refractivity contribution in [2.75, 3.05) is 13.7 Å². The predicted octanol–water partition coefficient (Wildman–Crippen LogP) is 3.82. The van der Waals surface area contributed by atoms with Gasteiger partial charge in [-0.25, -0.2) is 4.99 Å². The summed E-state index contributed by atoms with van der Waals surface area (Å²) in [5, 5.41) is 15.9. The Hall–Kier alpha value is -3.06. The van der Waals surface area contributed by atoms with Crippen LogP contribution in [-0.4, -0.2) is 34.4 Å². The molecule has 1 aromatic heterocycles. The van der Waals surface area contributed by atoms with Gasteiger partial charge in [0.2, 0.25) is 0 Å². The van der Waals surface area contributed by atoms with Gasteiger partial charge in [-0.15, -0.1) is 10.2 Å². The minimum absolute atomic E-state index is 0.0609. The normalized spacial score (nSPS) is 12.5. The topological polar surface area (TPSA) is 76.4 Å². The fourth-order valence-electron chi connectivity index (χ4n) is 3.05. The van der Waals surface area contributed by atoms with E-state index in [-0.39, 0.29) is 6.04 Å². The van der Waals surface area contributed by atoms with Crippen LogP contribution in [0.25, 0.3) is 0 Å². The van der Waals surface area contributed by atoms with Gasteiger partial charge >= 0.3 is 0 Å². The Labute approximate surface area is 188 Å². The van der Waals surface area contributed by atoms with Gasteiger partial charge in [-0.05, 0) is 55.7 Å². The van der Waals surface area contributed by atoms with E-state index in [0.29, 0.717) is 6.54 Å². The number of nitrogens with one attached hydrogen (secondary N) is 2. The van der Waals surface area contributed by atoms with Crippen molar-refractivity contribution in [3.05, 3.63) is 76.3 Å². The van der Waals surface area contributed by atoms with Crippen LogP contribution in [0.1, 0.15) is 35.7 Å². The average molecular weight is 441 g/mol. The molecule has 2 aromatic carbocycles. The van der Waals surface area contributed by atoms with Crippen molar-refractivity contribution in [3.63, 3.8) is 0 Å². The van der Waals surface area contributed by atoms with E-state index in [1.165, 1.54) is 5.56 Å². The first kappa shape index (κ1) is 22.6. The molecule has 0 aliphatic heterocycles. The summed E-state index contributed by atoms with van der Waals surface area (Å²) < 4.78 is 7.17. The highest BCUT2D eigenvalue weighted by Gasteiger charge is 2.10. The lowest BCUT2D eigenvalue weighted by Crippen LogP contribution is -2.39. The second-order valence-corrected chi connectivity index (χ2v) is 7.77. The van der Waals surface area contributed by atoms with E-state index in [4.69, 9.17) is 21.3 Å². The fraction of sp³-hybridized carbons (Fsp3) is 0.348. The summed E-state index contributed by atoms with van der Waals surface area (Å²) in [6, 6.07) is 16.0. The van der Waals surface area contributed by atoms with Crippen molar-refractivity contribution in [2.24, 2.45) is 12.0 Å². The van der Waals surface area contributed by atoms with Crippen molar-refractivity contribution in [1.82, 2.24) is 25.4 Å². The first-order valence-electron chi connectivity index (χ1n) is 10.2. The van der Waals surface area contributed by atoms with Crippen LogP contribution in [0, 0.1) is 6.92 Å². The van der Waals surface area contributed by atoms with E-state index >= 15 is 0 Å². The number of ether oxygens (including phenoxy) is 1. The number of hydrogen-bond acceptors (Lipinski definition) is 4. The van der Waals surface area contributed by atoms with E-state index in [0.717, 1.165) is 46.9 Å². The Balaban J connectivity index is 1.67. The van der Waals surface area contributed by atoms with Crippen LogP contribution in [0.2, 0.25) is 5.02 Å². The number of methoxy groups -OCH3 is 1. The summed E-state index contributed by atoms with van der Waals surface area (Å²) >= 11 is 6.02. The van der Waals surface area contributed by atoms with Crippen molar-refractivity contribution < 1.29 is 4.74 Å². The highest BCUT2D eigenvalue weighted by Crippen LogP contribution is 2.16. The van der Waals surface area contributed by atoms with Crippen LogP contribution in [0.15, 0.2) is 53.5 Å². The number of rotatable bonds is 8. The smallest absolute Gasteiger partial charge is 0.192 e. The van der Waals surface area contributed by atoms with Gasteiger partial charge in [0.1, 0.15) is 18.1 Å². The van der Waals surface area contributed by atoms with E-state index < -0.39 is 0 Å². The third kappa shape index (κ3) is 6.46. The Morgan fingerprint density at radius 1 is 1.13 bits per heavy atom. The van der Waals surface area contributed by atoms with Crippen LogP contribution < -0.4 is 15.4 Å². The molecule has 3 rings (SSSR count). The summed E-state index contributed by atoms with van der Waals surface area (Å²) in [5.74, 6) is 3.25. The summed E-state index contributed by atoms with van der Waals surface area (Å²) in [6.07, 6.45) is 0.864. The summed E-state index contributed by atoms with van der Waals surface area (Å²) in [7, 11) is 3.62. The predicted molar refractivity (Wildman–Crippen MR) is 125 cm³/mol. The van der Waals surface area contributed by atoms with Gasteiger partial charge in [-0.1, -0.05) is 35.9 Å². The van der Waals surface area contributed by atoms with Crippen molar-refractivity contribution >= 4 is 17.6 Å². The highest BCUT2D eigenvalue weighted by atomic mass is 35.5. The molecule has 0 bridgehead atoms. The molecule has 1 unspecified atom stereocenters. The maximum atomic E-state index is 6.02. The molecule has 0 saturated carbocycles. The monoisotopic (exact) mass is 440 g/mol. The van der Waals surface area contributed by atoms with Gasteiger partial charge in [0.25, 0.3) is 0 Å². The zero-order valence-corrected chi connectivity index (χ0v) is 19.1. The lowest BCUT2D eigenvalue weighted by atomic mass is 10.1. The molecule has 8 heteroatoms. The minimum atomic E-state index is 0.0609. The highest BCUT2D eigenvalue weighted by molar-refractivity contribution is 6.30. The van der Waals surface area contributed by atoms with Gasteiger partial charge in [0, 0.05) is 18.6 Å². The Kier molecular flexibility index (Phi) is 7.89. The molecule has 0 amide bonds. The Morgan fingerprint density at radius 2 is 1.84 bits per heavy atom. The number of aliphatic imine (C=N–C) groups is 1. The van der Waals surface area contributed by atoms with E-state index in [2.05, 4.69) is 39.9 Å². The molecular weight excluding hydrogens is 412 g/mol. The standard InChI is InChI=1S/C23H29ClN6O/c1-16(19-7-9-20(24)10-8-19)27-23(26-15-22-29-28-17(2)30(22)3)25-14-13-18-5-11-21(31-4)12-6-18/h5-12,16H,13-15H2,1-4H3,(H2,25,26,27). The molecular formula is C23H29ClN6O. The molecule has 0 fully saturated rings. The summed E-state index contributed by atoms with van der Waals surface area (Å²) in [6.45, 7) is 5.19. The number of aromatic nitrogens is 3. The number of halogens is 1. The van der Waals surface area contributed by atoms with Gasteiger partial charge < -0.3 is 19.9 Å². The molecule has 0 saturated heterocycles. The third-order valence-electron chi connectivity index (χ3n) is 5.15. The van der Waals surface area contributed by atoms with Crippen LogP contribution in [-0.2, 0) is 20.0 Å². The number of aryl methyl sites for hydroxylation is 1. The maximum Gasteiger partial charge on any atom is 0.192 e. The molecule has 7 nitrogen and oxygen atoms in total. The van der Waals surface area contributed by atoms with Gasteiger partial charge in [0.15, 0.2) is 11.8 Å². The summed E-state index contributed by atoms with van der Waals surface area (Å²) in [4.78, 5) is 4.73. The fourth-order valence-corrected chi connectivity index (χ4v) is 3.17. The quantitative estimate of drug-likeness (QED) is 0.411. The number of nitrogens with zero attached hydrogens (tertiary/aromatic N) is 4. The average Bonchev–Trinajstić information content (AvgIpc) is 3.10. The first-order chi connectivity index (χ1) is 15.0. The molecule has 0 radical (unpaired) electrons. The van der Waals surface area contributed by atoms with Crippen molar-refractivity contribution in [3.8, 4) is 5.75 Å². The van der Waals surface area contributed by atoms with Crippen LogP contribution >= 0.6 is 11.6 Å². The second kappa shape index (κ2) is 10.8.